The standard InChI is InChI=1S/C30H26Cl2N6O5S/c1-37(44(2,41)42)28-17-27-24(18-33-28)23(29(39)35-36-32)16-26(34-27)21-7-4-19(5-8-21)3-6-20-9-10-22(15-25(20)31)30(40)38-11-13-43-14-12-38/h4-5,7-10,15-18,36H,11-14H2,1-2H3,(H,35,39). The van der Waals surface area contributed by atoms with Crippen molar-refractivity contribution in [2.75, 3.05) is 43.9 Å². The summed E-state index contributed by atoms with van der Waals surface area (Å²) in [5.74, 6) is 5.65. The van der Waals surface area contributed by atoms with Crippen LogP contribution in [0.5, 0.6) is 0 Å². The summed E-state index contributed by atoms with van der Waals surface area (Å²) < 4.78 is 30.4. The van der Waals surface area contributed by atoms with E-state index in [0.29, 0.717) is 70.2 Å². The van der Waals surface area contributed by atoms with Crippen molar-refractivity contribution in [1.82, 2.24) is 25.2 Å². The number of hydrogen-bond donors (Lipinski definition) is 2. The number of hydrogen-bond acceptors (Lipinski definition) is 8. The molecule has 44 heavy (non-hydrogen) atoms. The first kappa shape index (κ1) is 31.2. The smallest absolute Gasteiger partial charge is 0.267 e. The van der Waals surface area contributed by atoms with E-state index >= 15 is 0 Å². The molecule has 2 amide bonds. The number of benzene rings is 2. The molecule has 2 aromatic carbocycles. The number of pyridine rings is 2. The number of carbonyl (C=O) groups is 2. The van der Waals surface area contributed by atoms with E-state index in [1.165, 1.54) is 19.3 Å². The van der Waals surface area contributed by atoms with Gasteiger partial charge in [-0.05, 0) is 48.2 Å². The van der Waals surface area contributed by atoms with Gasteiger partial charge in [-0.25, -0.2) is 18.4 Å². The Labute approximate surface area is 264 Å². The highest BCUT2D eigenvalue weighted by molar-refractivity contribution is 7.92. The lowest BCUT2D eigenvalue weighted by molar-refractivity contribution is 0.0303. The van der Waals surface area contributed by atoms with Gasteiger partial charge < -0.3 is 9.64 Å². The molecular formula is C30H26Cl2N6O5S. The first-order chi connectivity index (χ1) is 21.0. The fraction of sp³-hybridized carbons (Fsp3) is 0.200. The van der Waals surface area contributed by atoms with Gasteiger partial charge in [0, 0.05) is 60.0 Å². The van der Waals surface area contributed by atoms with Gasteiger partial charge in [-0.3, -0.25) is 19.3 Å². The number of rotatable bonds is 6. The summed E-state index contributed by atoms with van der Waals surface area (Å²) in [6, 6.07) is 15.4. The molecule has 226 valence electrons. The third-order valence-electron chi connectivity index (χ3n) is 6.94. The molecule has 0 spiro atoms. The van der Waals surface area contributed by atoms with Crippen LogP contribution in [0.3, 0.4) is 0 Å². The Morgan fingerprint density at radius 2 is 1.77 bits per heavy atom. The van der Waals surface area contributed by atoms with Gasteiger partial charge in [0.05, 0.1) is 41.3 Å². The molecule has 0 radical (unpaired) electrons. The number of carbonyl (C=O) groups excluding carboxylic acids is 2. The summed E-state index contributed by atoms with van der Waals surface area (Å²) in [7, 11) is -2.19. The van der Waals surface area contributed by atoms with E-state index in [0.717, 1.165) is 10.6 Å². The normalized spacial score (nSPS) is 13.2. The van der Waals surface area contributed by atoms with Gasteiger partial charge in [0.15, 0.2) is 0 Å². The average molecular weight is 654 g/mol. The summed E-state index contributed by atoms with van der Waals surface area (Å²) in [5, 5.41) is 0.780. The number of ether oxygens (including phenoxy) is 1. The number of fused-ring (bicyclic) bond motifs is 1. The quantitative estimate of drug-likeness (QED) is 0.183. The van der Waals surface area contributed by atoms with Crippen molar-refractivity contribution in [2.24, 2.45) is 0 Å². The van der Waals surface area contributed by atoms with Crippen LogP contribution in [0.1, 0.15) is 31.8 Å². The monoisotopic (exact) mass is 652 g/mol. The minimum absolute atomic E-state index is 0.0953. The summed E-state index contributed by atoms with van der Waals surface area (Å²) in [4.78, 5) is 38.3. The molecule has 2 aromatic heterocycles. The van der Waals surface area contributed by atoms with E-state index < -0.39 is 15.9 Å². The van der Waals surface area contributed by atoms with E-state index in [1.807, 2.05) is 0 Å². The molecule has 1 saturated heterocycles. The Bertz CT molecular complexity index is 1920. The summed E-state index contributed by atoms with van der Waals surface area (Å²) in [6.45, 7) is 2.12. The predicted octanol–water partition coefficient (Wildman–Crippen LogP) is 3.61. The number of sulfonamides is 1. The number of nitrogens with zero attached hydrogens (tertiary/aromatic N) is 4. The Morgan fingerprint density at radius 3 is 2.43 bits per heavy atom. The highest BCUT2D eigenvalue weighted by Crippen LogP contribution is 2.27. The highest BCUT2D eigenvalue weighted by Gasteiger charge is 2.20. The third kappa shape index (κ3) is 6.93. The number of hydrazine groups is 1. The number of aromatic nitrogens is 2. The molecule has 14 heteroatoms. The van der Waals surface area contributed by atoms with Crippen LogP contribution < -0.4 is 14.7 Å². The van der Waals surface area contributed by atoms with E-state index in [1.54, 1.807) is 53.4 Å². The Balaban J connectivity index is 1.42. The molecule has 0 aliphatic carbocycles. The topological polar surface area (TPSA) is 134 Å². The number of nitrogens with one attached hydrogen (secondary N) is 2. The minimum Gasteiger partial charge on any atom is -0.378 e. The van der Waals surface area contributed by atoms with Crippen molar-refractivity contribution in [3.8, 4) is 23.1 Å². The molecule has 0 unspecified atom stereocenters. The lowest BCUT2D eigenvalue weighted by Gasteiger charge is -2.26. The number of morpholine rings is 1. The fourth-order valence-electron chi connectivity index (χ4n) is 4.46. The molecule has 4 aromatic rings. The van der Waals surface area contributed by atoms with E-state index in [2.05, 4.69) is 32.2 Å². The second-order valence-electron chi connectivity index (χ2n) is 9.82. The van der Waals surface area contributed by atoms with E-state index in [4.69, 9.17) is 28.1 Å². The van der Waals surface area contributed by atoms with Crippen molar-refractivity contribution in [3.63, 3.8) is 0 Å². The van der Waals surface area contributed by atoms with Crippen LogP contribution >= 0.6 is 23.4 Å². The maximum atomic E-state index is 12.8. The van der Waals surface area contributed by atoms with Gasteiger partial charge in [0.1, 0.15) is 5.82 Å². The minimum atomic E-state index is -3.57. The molecule has 2 N–H and O–H groups in total. The van der Waals surface area contributed by atoms with Crippen LogP contribution in [-0.2, 0) is 14.8 Å². The molecule has 5 rings (SSSR count). The van der Waals surface area contributed by atoms with Crippen molar-refractivity contribution in [1.29, 1.82) is 0 Å². The molecule has 11 nitrogen and oxygen atoms in total. The van der Waals surface area contributed by atoms with E-state index in [9.17, 15) is 18.0 Å². The second kappa shape index (κ2) is 13.2. The highest BCUT2D eigenvalue weighted by atomic mass is 35.5. The van der Waals surface area contributed by atoms with Crippen molar-refractivity contribution in [3.05, 3.63) is 88.1 Å². The lowest BCUT2D eigenvalue weighted by atomic mass is 10.0. The molecule has 0 bridgehead atoms. The molecule has 1 aliphatic rings. The molecule has 1 aliphatic heterocycles. The maximum Gasteiger partial charge on any atom is 0.267 e. The first-order valence-electron chi connectivity index (χ1n) is 13.2. The molecule has 1 fully saturated rings. The number of anilines is 1. The van der Waals surface area contributed by atoms with Crippen LogP contribution in [0, 0.1) is 11.8 Å². The molecule has 0 atom stereocenters. The van der Waals surface area contributed by atoms with Crippen LogP contribution in [0.15, 0.2) is 60.8 Å². The Morgan fingerprint density at radius 1 is 1.05 bits per heavy atom. The van der Waals surface area contributed by atoms with Gasteiger partial charge in [-0.1, -0.05) is 35.6 Å². The van der Waals surface area contributed by atoms with Gasteiger partial charge in [0.2, 0.25) is 10.0 Å². The Hall–Kier alpha value is -4.25. The zero-order valence-corrected chi connectivity index (χ0v) is 25.9. The maximum absolute atomic E-state index is 12.8. The van der Waals surface area contributed by atoms with Crippen LogP contribution in [0.2, 0.25) is 5.02 Å². The van der Waals surface area contributed by atoms with Crippen LogP contribution in [0.25, 0.3) is 22.2 Å². The third-order valence-corrected chi connectivity index (χ3v) is 8.53. The van der Waals surface area contributed by atoms with Gasteiger partial charge >= 0.3 is 0 Å². The zero-order valence-electron chi connectivity index (χ0n) is 23.6. The SMILES string of the molecule is CN(c1cc2nc(-c3ccc(C#Cc4ccc(C(=O)N5CCOCC5)cc4Cl)cc3)cc(C(=O)NNCl)c2cn1)S(C)(=O)=O. The second-order valence-corrected chi connectivity index (χ2v) is 12.4. The van der Waals surface area contributed by atoms with Crippen LogP contribution in [0.4, 0.5) is 5.82 Å². The lowest BCUT2D eigenvalue weighted by Crippen LogP contribution is -2.40. The Kier molecular flexibility index (Phi) is 9.33. The van der Waals surface area contributed by atoms with E-state index in [-0.39, 0.29) is 17.3 Å². The van der Waals surface area contributed by atoms with Crippen molar-refractivity contribution in [2.45, 2.75) is 0 Å². The fourth-order valence-corrected chi connectivity index (χ4v) is 5.21. The number of halogens is 2. The summed E-state index contributed by atoms with van der Waals surface area (Å²) >= 11 is 12.0. The van der Waals surface area contributed by atoms with Gasteiger partial charge in [-0.2, -0.15) is 0 Å². The van der Waals surface area contributed by atoms with Crippen molar-refractivity contribution < 1.29 is 22.7 Å². The summed E-state index contributed by atoms with van der Waals surface area (Å²) in [6.07, 6.45) is 2.45. The van der Waals surface area contributed by atoms with Crippen LogP contribution in [-0.4, -0.2) is 74.7 Å². The van der Waals surface area contributed by atoms with Gasteiger partial charge in [-0.15, -0.1) is 4.94 Å². The van der Waals surface area contributed by atoms with Gasteiger partial charge in [0.25, 0.3) is 11.8 Å². The number of amides is 2. The molecular weight excluding hydrogens is 627 g/mol. The zero-order chi connectivity index (χ0) is 31.4. The van der Waals surface area contributed by atoms with Crippen molar-refractivity contribution >= 4 is 61.9 Å². The molecule has 0 saturated carbocycles. The largest absolute Gasteiger partial charge is 0.378 e. The summed E-state index contributed by atoms with van der Waals surface area (Å²) in [5.41, 5.74) is 5.83. The average Bonchev–Trinajstić information content (AvgIpc) is 3.03. The predicted molar refractivity (Wildman–Crippen MR) is 169 cm³/mol. The molecule has 3 heterocycles. The first-order valence-corrected chi connectivity index (χ1v) is 15.9.